The van der Waals surface area contributed by atoms with Crippen molar-refractivity contribution in [3.05, 3.63) is 22.8 Å². The first-order valence-corrected chi connectivity index (χ1v) is 7.34. The summed E-state index contributed by atoms with van der Waals surface area (Å²) in [4.78, 5) is 16.1. The summed E-state index contributed by atoms with van der Waals surface area (Å²) in [5.41, 5.74) is 0.503. The lowest BCUT2D eigenvalue weighted by Gasteiger charge is -2.08. The van der Waals surface area contributed by atoms with E-state index in [1.165, 1.54) is 12.8 Å². The van der Waals surface area contributed by atoms with E-state index in [4.69, 9.17) is 16.3 Å². The number of aromatic nitrogens is 1. The molecule has 2 N–H and O–H groups in total. The molecule has 1 aromatic heterocycles. The van der Waals surface area contributed by atoms with Crippen molar-refractivity contribution >= 4 is 23.3 Å². The molecule has 1 amide bonds. The molecule has 1 aliphatic rings. The molecule has 1 aromatic rings. The second kappa shape index (κ2) is 7.45. The first-order valence-electron chi connectivity index (χ1n) is 6.96. The molecule has 0 aliphatic heterocycles. The van der Waals surface area contributed by atoms with Crippen LogP contribution in [0, 0.1) is 5.92 Å². The molecule has 1 saturated carbocycles. The van der Waals surface area contributed by atoms with E-state index in [2.05, 4.69) is 15.6 Å². The number of ether oxygens (including phenoxy) is 1. The van der Waals surface area contributed by atoms with Gasteiger partial charge in [0, 0.05) is 25.3 Å². The van der Waals surface area contributed by atoms with Gasteiger partial charge in [0.15, 0.2) is 0 Å². The van der Waals surface area contributed by atoms with Crippen molar-refractivity contribution < 1.29 is 9.53 Å². The Morgan fingerprint density at radius 2 is 2.30 bits per heavy atom. The zero-order chi connectivity index (χ0) is 14.4. The van der Waals surface area contributed by atoms with Crippen LogP contribution in [0.25, 0.3) is 0 Å². The number of anilines is 1. The lowest BCUT2D eigenvalue weighted by Crippen LogP contribution is -2.27. The van der Waals surface area contributed by atoms with Crippen LogP contribution in [0.4, 0.5) is 5.82 Å². The van der Waals surface area contributed by atoms with Crippen LogP contribution in [-0.2, 0) is 4.74 Å². The van der Waals surface area contributed by atoms with E-state index < -0.39 is 0 Å². The molecule has 0 aromatic carbocycles. The van der Waals surface area contributed by atoms with Crippen molar-refractivity contribution in [3.8, 4) is 0 Å². The molecule has 0 unspecified atom stereocenters. The van der Waals surface area contributed by atoms with Crippen molar-refractivity contribution in [1.29, 1.82) is 0 Å². The number of pyridine rings is 1. The third-order valence-electron chi connectivity index (χ3n) is 3.00. The number of hydrogen-bond donors (Lipinski definition) is 2. The van der Waals surface area contributed by atoms with Crippen LogP contribution in [-0.4, -0.2) is 37.2 Å². The zero-order valence-electron chi connectivity index (χ0n) is 11.6. The average Bonchev–Trinajstić information content (AvgIpc) is 3.22. The summed E-state index contributed by atoms with van der Waals surface area (Å²) < 4.78 is 5.46. The third-order valence-corrected chi connectivity index (χ3v) is 3.19. The molecule has 5 nitrogen and oxygen atoms in total. The van der Waals surface area contributed by atoms with E-state index in [1.807, 2.05) is 6.92 Å². The minimum Gasteiger partial charge on any atom is -0.379 e. The van der Waals surface area contributed by atoms with Crippen molar-refractivity contribution in [3.63, 3.8) is 0 Å². The van der Waals surface area contributed by atoms with E-state index >= 15 is 0 Å². The minimum atomic E-state index is -0.163. The molecule has 0 bridgehead atoms. The molecule has 0 spiro atoms. The Kier molecular flexibility index (Phi) is 5.61. The van der Waals surface area contributed by atoms with Gasteiger partial charge in [0.25, 0.3) is 5.91 Å². The van der Waals surface area contributed by atoms with Gasteiger partial charge < -0.3 is 15.4 Å². The molecule has 2 rings (SSSR count). The molecule has 20 heavy (non-hydrogen) atoms. The number of rotatable bonds is 8. The Morgan fingerprint density at radius 1 is 1.50 bits per heavy atom. The summed E-state index contributed by atoms with van der Waals surface area (Å²) in [5, 5.41) is 6.15. The minimum absolute atomic E-state index is 0.163. The highest BCUT2D eigenvalue weighted by Crippen LogP contribution is 2.28. The molecular weight excluding hydrogens is 278 g/mol. The predicted molar refractivity (Wildman–Crippen MR) is 79.3 cm³/mol. The fraction of sp³-hybridized carbons (Fsp3) is 0.571. The Labute approximate surface area is 124 Å². The maximum Gasteiger partial charge on any atom is 0.251 e. The second-order valence-corrected chi connectivity index (χ2v) is 5.26. The van der Waals surface area contributed by atoms with Crippen LogP contribution in [0.3, 0.4) is 0 Å². The third kappa shape index (κ3) is 4.98. The molecule has 1 fully saturated rings. The first kappa shape index (κ1) is 15.1. The van der Waals surface area contributed by atoms with E-state index in [9.17, 15) is 4.79 Å². The number of carbonyl (C=O) groups excluding carboxylic acids is 1. The van der Waals surface area contributed by atoms with Crippen LogP contribution < -0.4 is 10.6 Å². The summed E-state index contributed by atoms with van der Waals surface area (Å²) in [6.07, 6.45) is 2.55. The Hall–Kier alpha value is -1.33. The van der Waals surface area contributed by atoms with Gasteiger partial charge in [0.2, 0.25) is 0 Å². The Bertz CT molecular complexity index is 464. The highest BCUT2D eigenvalue weighted by atomic mass is 35.5. The number of nitrogens with zero attached hydrogens (tertiary/aromatic N) is 1. The van der Waals surface area contributed by atoms with E-state index in [-0.39, 0.29) is 5.91 Å². The van der Waals surface area contributed by atoms with Crippen molar-refractivity contribution in [2.45, 2.75) is 19.8 Å². The number of amides is 1. The summed E-state index contributed by atoms with van der Waals surface area (Å²) in [6.45, 7) is 4.54. The van der Waals surface area contributed by atoms with Gasteiger partial charge in [-0.25, -0.2) is 4.98 Å². The van der Waals surface area contributed by atoms with E-state index in [0.29, 0.717) is 29.7 Å². The topological polar surface area (TPSA) is 63.2 Å². The molecular formula is C14H20ClN3O2. The normalized spacial score (nSPS) is 14.1. The number of nitrogens with one attached hydrogen (secondary N) is 2. The van der Waals surface area contributed by atoms with Gasteiger partial charge in [-0.15, -0.1) is 0 Å². The van der Waals surface area contributed by atoms with Crippen LogP contribution in [0.1, 0.15) is 30.1 Å². The quantitative estimate of drug-likeness (QED) is 0.571. The fourth-order valence-corrected chi connectivity index (χ4v) is 1.98. The predicted octanol–water partition coefficient (Wildman–Crippen LogP) is 2.32. The Morgan fingerprint density at radius 3 is 3.00 bits per heavy atom. The maximum atomic E-state index is 12.0. The van der Waals surface area contributed by atoms with Gasteiger partial charge in [0.05, 0.1) is 6.61 Å². The fourth-order valence-electron chi connectivity index (χ4n) is 1.77. The van der Waals surface area contributed by atoms with Gasteiger partial charge in [0.1, 0.15) is 11.0 Å². The van der Waals surface area contributed by atoms with Gasteiger partial charge in [-0.05, 0) is 37.8 Å². The van der Waals surface area contributed by atoms with Crippen LogP contribution >= 0.6 is 11.6 Å². The standard InChI is InChI=1S/C14H20ClN3O2/c1-2-16-13-8-11(7-12(15)18-13)14(19)17-5-6-20-9-10-3-4-10/h7-8,10H,2-6,9H2,1H3,(H,16,18)(H,17,19). The van der Waals surface area contributed by atoms with E-state index in [0.717, 1.165) is 19.1 Å². The number of hydrogen-bond acceptors (Lipinski definition) is 4. The number of carbonyl (C=O) groups is 1. The van der Waals surface area contributed by atoms with Crippen LogP contribution in [0.2, 0.25) is 5.15 Å². The van der Waals surface area contributed by atoms with E-state index in [1.54, 1.807) is 12.1 Å². The molecule has 6 heteroatoms. The Balaban J connectivity index is 1.78. The number of halogens is 1. The van der Waals surface area contributed by atoms with Crippen molar-refractivity contribution in [2.24, 2.45) is 5.92 Å². The maximum absolute atomic E-state index is 12.0. The van der Waals surface area contributed by atoms with Crippen LogP contribution in [0.15, 0.2) is 12.1 Å². The monoisotopic (exact) mass is 297 g/mol. The molecule has 0 atom stereocenters. The zero-order valence-corrected chi connectivity index (χ0v) is 12.4. The lowest BCUT2D eigenvalue weighted by molar-refractivity contribution is 0.0906. The van der Waals surface area contributed by atoms with Crippen molar-refractivity contribution in [1.82, 2.24) is 10.3 Å². The van der Waals surface area contributed by atoms with Gasteiger partial charge in [-0.3, -0.25) is 4.79 Å². The average molecular weight is 298 g/mol. The first-order chi connectivity index (χ1) is 9.69. The summed E-state index contributed by atoms with van der Waals surface area (Å²) in [6, 6.07) is 3.25. The molecule has 1 aliphatic carbocycles. The highest BCUT2D eigenvalue weighted by Gasteiger charge is 2.20. The lowest BCUT2D eigenvalue weighted by atomic mass is 10.2. The van der Waals surface area contributed by atoms with Gasteiger partial charge in [-0.1, -0.05) is 11.6 Å². The molecule has 1 heterocycles. The second-order valence-electron chi connectivity index (χ2n) is 4.87. The summed E-state index contributed by atoms with van der Waals surface area (Å²) in [5.74, 6) is 1.19. The van der Waals surface area contributed by atoms with Crippen molar-refractivity contribution in [2.75, 3.05) is 31.6 Å². The SMILES string of the molecule is CCNc1cc(C(=O)NCCOCC2CC2)cc(Cl)n1. The van der Waals surface area contributed by atoms with Gasteiger partial charge >= 0.3 is 0 Å². The summed E-state index contributed by atoms with van der Waals surface area (Å²) >= 11 is 5.90. The molecule has 0 radical (unpaired) electrons. The largest absolute Gasteiger partial charge is 0.379 e. The smallest absolute Gasteiger partial charge is 0.251 e. The summed E-state index contributed by atoms with van der Waals surface area (Å²) in [7, 11) is 0. The molecule has 110 valence electrons. The molecule has 0 saturated heterocycles. The highest BCUT2D eigenvalue weighted by molar-refractivity contribution is 6.29. The van der Waals surface area contributed by atoms with Gasteiger partial charge in [-0.2, -0.15) is 0 Å². The van der Waals surface area contributed by atoms with Crippen LogP contribution in [0.5, 0.6) is 0 Å².